The molecule has 4 heteroatoms. The zero-order chi connectivity index (χ0) is 17.4. The number of carbonyl (C=O) groups excluding carboxylic acids is 1. The normalized spacial score (nSPS) is 42.9. The molecule has 0 amide bonds. The number of fused-ring (bicyclic) bond motifs is 4. The van der Waals surface area contributed by atoms with Crippen molar-refractivity contribution in [3.05, 3.63) is 29.3 Å². The van der Waals surface area contributed by atoms with Gasteiger partial charge in [0.1, 0.15) is 11.5 Å². The first-order valence-electron chi connectivity index (χ1n) is 9.46. The minimum atomic E-state index is -0.225. The van der Waals surface area contributed by atoms with Gasteiger partial charge in [0.25, 0.3) is 0 Å². The van der Waals surface area contributed by atoms with Crippen molar-refractivity contribution in [1.29, 1.82) is 0 Å². The SMILES string of the molecule is COc1ccc2c(c1)CC[C@@H]1[C@@H]2CC[C@]2(C)C(=O)[C@@H]3C[C@]12C/C3=N/O. The van der Waals surface area contributed by atoms with Crippen molar-refractivity contribution in [2.75, 3.05) is 7.11 Å². The van der Waals surface area contributed by atoms with E-state index < -0.39 is 0 Å². The van der Waals surface area contributed by atoms with Crippen LogP contribution in [-0.2, 0) is 11.2 Å². The molecule has 4 nitrogen and oxygen atoms in total. The number of methoxy groups -OCH3 is 1. The quantitative estimate of drug-likeness (QED) is 0.622. The Morgan fingerprint density at radius 2 is 2.16 bits per heavy atom. The largest absolute Gasteiger partial charge is 0.497 e. The number of ketones is 1. The lowest BCUT2D eigenvalue weighted by molar-refractivity contribution is -0.138. The van der Waals surface area contributed by atoms with Crippen LogP contribution in [0.3, 0.4) is 0 Å². The summed E-state index contributed by atoms with van der Waals surface area (Å²) in [4.78, 5) is 13.1. The van der Waals surface area contributed by atoms with Crippen LogP contribution in [0.2, 0.25) is 0 Å². The van der Waals surface area contributed by atoms with E-state index >= 15 is 0 Å². The highest BCUT2D eigenvalue weighted by Crippen LogP contribution is 2.72. The van der Waals surface area contributed by atoms with Crippen molar-refractivity contribution in [2.45, 2.75) is 51.4 Å². The molecule has 1 N–H and O–H groups in total. The molecule has 5 atom stereocenters. The van der Waals surface area contributed by atoms with E-state index in [0.717, 1.165) is 50.0 Å². The maximum absolute atomic E-state index is 13.1. The minimum absolute atomic E-state index is 0.00313. The van der Waals surface area contributed by atoms with Gasteiger partial charge in [-0.15, -0.1) is 0 Å². The Bertz CT molecular complexity index is 800. The summed E-state index contributed by atoms with van der Waals surface area (Å²) in [5.41, 5.74) is 3.38. The number of nitrogens with zero attached hydrogens (tertiary/aromatic N) is 1. The zero-order valence-corrected chi connectivity index (χ0v) is 14.9. The molecule has 1 aromatic rings. The molecule has 1 spiro atoms. The highest BCUT2D eigenvalue weighted by molar-refractivity contribution is 6.13. The van der Waals surface area contributed by atoms with Crippen molar-refractivity contribution < 1.29 is 14.7 Å². The lowest BCUT2D eigenvalue weighted by atomic mass is 9.46. The van der Waals surface area contributed by atoms with Crippen LogP contribution in [0.4, 0.5) is 0 Å². The molecule has 132 valence electrons. The molecular formula is C21H25NO3. The number of hydrogen-bond donors (Lipinski definition) is 1. The highest BCUT2D eigenvalue weighted by Gasteiger charge is 2.72. The Morgan fingerprint density at radius 1 is 1.32 bits per heavy atom. The van der Waals surface area contributed by atoms with Gasteiger partial charge in [0, 0.05) is 5.41 Å². The van der Waals surface area contributed by atoms with Gasteiger partial charge in [-0.3, -0.25) is 4.79 Å². The van der Waals surface area contributed by atoms with Crippen molar-refractivity contribution >= 4 is 11.5 Å². The Balaban J connectivity index is 1.60. The van der Waals surface area contributed by atoms with Gasteiger partial charge in [0.05, 0.1) is 18.7 Å². The summed E-state index contributed by atoms with van der Waals surface area (Å²) in [6.07, 6.45) is 5.94. The number of hydrogen-bond acceptors (Lipinski definition) is 4. The topological polar surface area (TPSA) is 58.9 Å². The summed E-state index contributed by atoms with van der Waals surface area (Å²) in [6.45, 7) is 2.20. The second-order valence-corrected chi connectivity index (χ2v) is 8.73. The molecule has 3 saturated carbocycles. The van der Waals surface area contributed by atoms with E-state index in [4.69, 9.17) is 4.74 Å². The average molecular weight is 339 g/mol. The summed E-state index contributed by atoms with van der Waals surface area (Å²) in [5, 5.41) is 12.9. The molecule has 2 bridgehead atoms. The first-order chi connectivity index (χ1) is 12.0. The number of oxime groups is 1. The third-order valence-electron chi connectivity index (χ3n) is 8.18. The standard InChI is InChI=1S/C21H25NO3/c1-20-8-7-15-14-5-4-13(25-2)9-12(14)3-6-17(15)21(20)10-16(19(20)23)18(11-21)22-24/h4-5,9,15-17,24H,3,6-8,10-11H2,1-2H3/b22-18-/t15-,16-,17-,20-,21+/m1/s1. The van der Waals surface area contributed by atoms with Crippen molar-refractivity contribution in [2.24, 2.45) is 27.8 Å². The number of aryl methyl sites for hydroxylation is 1. The molecule has 0 aromatic heterocycles. The molecule has 1 aromatic carbocycles. The van der Waals surface area contributed by atoms with Gasteiger partial charge < -0.3 is 9.94 Å². The van der Waals surface area contributed by atoms with Crippen molar-refractivity contribution in [1.82, 2.24) is 0 Å². The van der Waals surface area contributed by atoms with E-state index in [1.165, 1.54) is 11.1 Å². The summed E-state index contributed by atoms with van der Waals surface area (Å²) in [5.74, 6) is 2.17. The fourth-order valence-electron chi connectivity index (χ4n) is 6.94. The van der Waals surface area contributed by atoms with Gasteiger partial charge in [-0.1, -0.05) is 18.1 Å². The number of rotatable bonds is 1. The molecule has 0 heterocycles. The van der Waals surface area contributed by atoms with E-state index in [0.29, 0.717) is 17.6 Å². The Kier molecular flexibility index (Phi) is 3.00. The number of Topliss-reactive ketones (excluding diaryl/α,β-unsaturated/α-hetero) is 1. The molecule has 0 unspecified atom stereocenters. The lowest BCUT2D eigenvalue weighted by Gasteiger charge is -2.56. The Morgan fingerprint density at radius 3 is 2.92 bits per heavy atom. The van der Waals surface area contributed by atoms with Gasteiger partial charge in [-0.2, -0.15) is 0 Å². The molecule has 4 aliphatic carbocycles. The van der Waals surface area contributed by atoms with Crippen LogP contribution in [-0.4, -0.2) is 23.8 Å². The zero-order valence-electron chi connectivity index (χ0n) is 14.9. The van der Waals surface area contributed by atoms with E-state index in [2.05, 4.69) is 30.3 Å². The average Bonchev–Trinajstić information content (AvgIpc) is 3.13. The van der Waals surface area contributed by atoms with Crippen LogP contribution in [0.15, 0.2) is 23.4 Å². The van der Waals surface area contributed by atoms with E-state index in [9.17, 15) is 10.0 Å². The number of carbonyl (C=O) groups is 1. The summed E-state index contributed by atoms with van der Waals surface area (Å²) in [6, 6.07) is 6.51. The number of benzene rings is 1. The predicted octanol–water partition coefficient (Wildman–Crippen LogP) is 3.95. The number of ether oxygens (including phenoxy) is 1. The minimum Gasteiger partial charge on any atom is -0.497 e. The summed E-state index contributed by atoms with van der Waals surface area (Å²) in [7, 11) is 1.72. The molecule has 25 heavy (non-hydrogen) atoms. The van der Waals surface area contributed by atoms with Gasteiger partial charge in [-0.05, 0) is 79.0 Å². The van der Waals surface area contributed by atoms with Crippen molar-refractivity contribution in [3.63, 3.8) is 0 Å². The van der Waals surface area contributed by atoms with Crippen LogP contribution in [0, 0.1) is 22.7 Å². The van der Waals surface area contributed by atoms with Gasteiger partial charge in [0.15, 0.2) is 0 Å². The van der Waals surface area contributed by atoms with E-state index in [-0.39, 0.29) is 16.7 Å². The van der Waals surface area contributed by atoms with Gasteiger partial charge in [0.2, 0.25) is 0 Å². The van der Waals surface area contributed by atoms with Crippen LogP contribution in [0.1, 0.15) is 56.1 Å². The van der Waals surface area contributed by atoms with E-state index in [1.54, 1.807) is 7.11 Å². The molecule has 0 radical (unpaired) electrons. The fourth-order valence-corrected chi connectivity index (χ4v) is 6.94. The van der Waals surface area contributed by atoms with Crippen LogP contribution < -0.4 is 4.74 Å². The predicted molar refractivity (Wildman–Crippen MR) is 94.3 cm³/mol. The molecule has 5 rings (SSSR count). The fraction of sp³-hybridized carbons (Fsp3) is 0.619. The highest BCUT2D eigenvalue weighted by atomic mass is 16.5. The van der Waals surface area contributed by atoms with Gasteiger partial charge in [-0.25, -0.2) is 0 Å². The third kappa shape index (κ3) is 1.68. The lowest BCUT2D eigenvalue weighted by Crippen LogP contribution is -2.53. The molecule has 3 fully saturated rings. The summed E-state index contributed by atoms with van der Waals surface area (Å²) >= 11 is 0. The second-order valence-electron chi connectivity index (χ2n) is 8.73. The molecular weight excluding hydrogens is 314 g/mol. The maximum atomic E-state index is 13.1. The summed E-state index contributed by atoms with van der Waals surface area (Å²) < 4.78 is 5.40. The maximum Gasteiger partial charge on any atom is 0.148 e. The van der Waals surface area contributed by atoms with Crippen LogP contribution in [0.25, 0.3) is 0 Å². The Labute approximate surface area is 148 Å². The Hall–Kier alpha value is -1.84. The molecule has 4 aliphatic rings. The smallest absolute Gasteiger partial charge is 0.148 e. The molecule has 0 saturated heterocycles. The molecule has 0 aliphatic heterocycles. The van der Waals surface area contributed by atoms with E-state index in [1.807, 2.05) is 0 Å². The van der Waals surface area contributed by atoms with Crippen LogP contribution in [0.5, 0.6) is 5.75 Å². The van der Waals surface area contributed by atoms with Crippen LogP contribution >= 0.6 is 0 Å². The van der Waals surface area contributed by atoms with Crippen molar-refractivity contribution in [3.8, 4) is 5.75 Å². The second kappa shape index (κ2) is 4.87. The van der Waals surface area contributed by atoms with Gasteiger partial charge >= 0.3 is 0 Å². The third-order valence-corrected chi connectivity index (χ3v) is 8.18. The first kappa shape index (κ1) is 15.4. The first-order valence-corrected chi connectivity index (χ1v) is 9.46. The monoisotopic (exact) mass is 339 g/mol.